The standard InChI is InChI=1S/C6H9FN3.CHF3O3S/c1-4-8-5(2)10(7)6(3)9-4;2-1(3,4)8(5,6)7/h1-3H3;(H,5,6,7)/q+1;/p-1. The minimum Gasteiger partial charge on any atom is -0.741 e. The average Bonchev–Trinajstić information content (AvgIpc) is 2.11. The second-order valence-corrected chi connectivity index (χ2v) is 4.42. The first-order valence-electron chi connectivity index (χ1n) is 4.28. The first kappa shape index (κ1) is 16.6. The first-order valence-corrected chi connectivity index (χ1v) is 5.69. The summed E-state index contributed by atoms with van der Waals surface area (Å²) in [6, 6.07) is 0. The zero-order chi connectivity index (χ0) is 14.7. The van der Waals surface area contributed by atoms with E-state index >= 15 is 0 Å². The van der Waals surface area contributed by atoms with Crippen molar-refractivity contribution in [3.05, 3.63) is 17.5 Å². The molecule has 0 aromatic carbocycles. The Labute approximate surface area is 100.0 Å². The van der Waals surface area contributed by atoms with Crippen molar-refractivity contribution in [1.82, 2.24) is 9.97 Å². The Bertz CT molecular complexity index is 506. The molecule has 1 rings (SSSR count). The van der Waals surface area contributed by atoms with Crippen molar-refractivity contribution < 1.29 is 35.4 Å². The molecule has 104 valence electrons. The van der Waals surface area contributed by atoms with E-state index in [0.29, 0.717) is 22.3 Å². The Morgan fingerprint density at radius 1 is 1.11 bits per heavy atom. The second kappa shape index (κ2) is 5.52. The van der Waals surface area contributed by atoms with Gasteiger partial charge >= 0.3 is 5.51 Å². The van der Waals surface area contributed by atoms with Gasteiger partial charge in [0.1, 0.15) is 0 Å². The molecule has 0 radical (unpaired) electrons. The van der Waals surface area contributed by atoms with Crippen molar-refractivity contribution in [1.29, 1.82) is 0 Å². The molecule has 0 fully saturated rings. The molecule has 0 unspecified atom stereocenters. The monoisotopic (exact) mass is 291 g/mol. The van der Waals surface area contributed by atoms with Crippen LogP contribution in [0.2, 0.25) is 0 Å². The van der Waals surface area contributed by atoms with Gasteiger partial charge in [0.25, 0.3) is 17.5 Å². The van der Waals surface area contributed by atoms with Gasteiger partial charge in [-0.2, -0.15) is 13.2 Å². The molecule has 0 bridgehead atoms. The Hall–Kier alpha value is -1.36. The van der Waals surface area contributed by atoms with Crippen LogP contribution in [0.1, 0.15) is 17.5 Å². The van der Waals surface area contributed by atoms with Gasteiger partial charge in [0.05, 0.1) is 0 Å². The molecule has 0 aliphatic rings. The third-order valence-corrected chi connectivity index (χ3v) is 2.07. The number of alkyl halides is 3. The normalized spacial score (nSPS) is 11.8. The van der Waals surface area contributed by atoms with E-state index in [1.165, 1.54) is 0 Å². The number of halogens is 4. The fraction of sp³-hybridized carbons (Fsp3) is 0.571. The van der Waals surface area contributed by atoms with Crippen molar-refractivity contribution in [2.75, 3.05) is 0 Å². The summed E-state index contributed by atoms with van der Waals surface area (Å²) >= 11 is 0. The lowest BCUT2D eigenvalue weighted by molar-refractivity contribution is -0.857. The Balaban J connectivity index is 0.000000331. The van der Waals surface area contributed by atoms with E-state index in [4.69, 9.17) is 13.0 Å². The lowest BCUT2D eigenvalue weighted by Crippen LogP contribution is -2.33. The average molecular weight is 291 g/mol. The number of nitrogens with zero attached hydrogens (tertiary/aromatic N) is 3. The maximum absolute atomic E-state index is 12.7. The number of aromatic nitrogens is 3. The summed E-state index contributed by atoms with van der Waals surface area (Å²) in [5.74, 6) is 1.28. The van der Waals surface area contributed by atoms with Crippen molar-refractivity contribution in [2.45, 2.75) is 26.3 Å². The molecule has 0 N–H and O–H groups in total. The van der Waals surface area contributed by atoms with Gasteiger partial charge in [-0.3, -0.25) is 0 Å². The zero-order valence-corrected chi connectivity index (χ0v) is 10.3. The van der Waals surface area contributed by atoms with E-state index in [9.17, 15) is 17.7 Å². The van der Waals surface area contributed by atoms with Crippen molar-refractivity contribution in [3.8, 4) is 0 Å². The van der Waals surface area contributed by atoms with E-state index in [-0.39, 0.29) is 0 Å². The van der Waals surface area contributed by atoms with Gasteiger partial charge in [-0.15, -0.1) is 0 Å². The van der Waals surface area contributed by atoms with Gasteiger partial charge in [0, 0.05) is 20.8 Å². The highest BCUT2D eigenvalue weighted by Crippen LogP contribution is 2.20. The Morgan fingerprint density at radius 3 is 1.61 bits per heavy atom. The molecule has 18 heavy (non-hydrogen) atoms. The van der Waals surface area contributed by atoms with E-state index in [0.717, 1.165) is 0 Å². The van der Waals surface area contributed by atoms with Crippen LogP contribution in [0.4, 0.5) is 17.7 Å². The van der Waals surface area contributed by atoms with Crippen molar-refractivity contribution in [2.24, 2.45) is 0 Å². The summed E-state index contributed by atoms with van der Waals surface area (Å²) in [7, 11) is -6.09. The van der Waals surface area contributed by atoms with Crippen LogP contribution in [0.5, 0.6) is 0 Å². The highest BCUT2D eigenvalue weighted by atomic mass is 32.2. The fourth-order valence-corrected chi connectivity index (χ4v) is 0.815. The molecular formula is C7H9F4N3O3S. The number of hydrogen-bond acceptors (Lipinski definition) is 5. The maximum Gasteiger partial charge on any atom is 0.485 e. The molecule has 0 amide bonds. The Morgan fingerprint density at radius 2 is 1.39 bits per heavy atom. The molecule has 0 aliphatic heterocycles. The topological polar surface area (TPSA) is 86.9 Å². The van der Waals surface area contributed by atoms with Gasteiger partial charge in [0.2, 0.25) is 0 Å². The summed E-state index contributed by atoms with van der Waals surface area (Å²) in [6.07, 6.45) is 0. The minimum atomic E-state index is -6.09. The van der Waals surface area contributed by atoms with E-state index in [1.807, 2.05) is 0 Å². The van der Waals surface area contributed by atoms with E-state index < -0.39 is 15.6 Å². The summed E-state index contributed by atoms with van der Waals surface area (Å²) in [5.41, 5.74) is -5.65. The molecular weight excluding hydrogens is 282 g/mol. The molecule has 1 heterocycles. The smallest absolute Gasteiger partial charge is 0.485 e. The van der Waals surface area contributed by atoms with Gasteiger partial charge < -0.3 is 4.55 Å². The van der Waals surface area contributed by atoms with E-state index in [1.54, 1.807) is 20.8 Å². The SMILES string of the molecule is Cc1nc(C)[n+](F)c(C)n1.O=S(=O)([O-])C(F)(F)F. The predicted octanol–water partition coefficient (Wildman–Crippen LogP) is 0.473. The van der Waals surface area contributed by atoms with Crippen LogP contribution in [-0.4, -0.2) is 28.4 Å². The third kappa shape index (κ3) is 4.87. The number of aryl methyl sites for hydroxylation is 3. The lowest BCUT2D eigenvalue weighted by atomic mass is 10.5. The van der Waals surface area contributed by atoms with Crippen LogP contribution in [0.25, 0.3) is 0 Å². The molecule has 0 saturated carbocycles. The molecule has 11 heteroatoms. The third-order valence-electron chi connectivity index (χ3n) is 1.50. The molecule has 1 aromatic rings. The number of hydrogen-bond donors (Lipinski definition) is 0. The molecule has 1 aromatic heterocycles. The van der Waals surface area contributed by atoms with Gasteiger partial charge in [-0.1, -0.05) is 9.97 Å². The summed E-state index contributed by atoms with van der Waals surface area (Å²) < 4.78 is 71.6. The van der Waals surface area contributed by atoms with Gasteiger partial charge in [0.15, 0.2) is 10.1 Å². The van der Waals surface area contributed by atoms with Crippen LogP contribution >= 0.6 is 0 Å². The highest BCUT2D eigenvalue weighted by Gasteiger charge is 2.36. The maximum atomic E-state index is 12.7. The predicted molar refractivity (Wildman–Crippen MR) is 48.7 cm³/mol. The molecule has 0 atom stereocenters. The lowest BCUT2D eigenvalue weighted by Gasteiger charge is -2.08. The largest absolute Gasteiger partial charge is 0.741 e. The fourth-order valence-electron chi connectivity index (χ4n) is 0.815. The van der Waals surface area contributed by atoms with Crippen molar-refractivity contribution in [3.63, 3.8) is 0 Å². The highest BCUT2D eigenvalue weighted by molar-refractivity contribution is 7.86. The Kier molecular flexibility index (Phi) is 5.10. The van der Waals surface area contributed by atoms with Gasteiger partial charge in [-0.25, -0.2) is 8.42 Å². The van der Waals surface area contributed by atoms with Crippen LogP contribution in [0.15, 0.2) is 0 Å². The molecule has 0 saturated heterocycles. The van der Waals surface area contributed by atoms with Crippen LogP contribution in [0, 0.1) is 20.8 Å². The minimum absolute atomic E-state index is 0.338. The van der Waals surface area contributed by atoms with Crippen molar-refractivity contribution >= 4 is 10.1 Å². The van der Waals surface area contributed by atoms with Crippen LogP contribution in [0.3, 0.4) is 0 Å². The van der Waals surface area contributed by atoms with E-state index in [2.05, 4.69) is 9.97 Å². The quantitative estimate of drug-likeness (QED) is 0.394. The molecule has 6 nitrogen and oxygen atoms in total. The van der Waals surface area contributed by atoms with Crippen LogP contribution < -0.4 is 4.79 Å². The zero-order valence-electron chi connectivity index (χ0n) is 9.49. The van der Waals surface area contributed by atoms with Crippen LogP contribution in [-0.2, 0) is 10.1 Å². The number of rotatable bonds is 0. The van der Waals surface area contributed by atoms with Gasteiger partial charge in [-0.05, 0) is 9.27 Å². The summed E-state index contributed by atoms with van der Waals surface area (Å²) in [4.78, 5) is 8.09. The molecule has 0 aliphatic carbocycles. The second-order valence-electron chi connectivity index (χ2n) is 3.05. The summed E-state index contributed by atoms with van der Waals surface area (Å²) in [6.45, 7) is 4.93. The first-order chi connectivity index (χ1) is 7.86. The molecule has 0 spiro atoms. The summed E-state index contributed by atoms with van der Waals surface area (Å²) in [5, 5.41) is 0.